The van der Waals surface area contributed by atoms with Gasteiger partial charge in [-0.2, -0.15) is 0 Å². The largest absolute Gasteiger partial charge is 1.00 e. The van der Waals surface area contributed by atoms with Crippen LogP contribution >= 0.6 is 0 Å². The Morgan fingerprint density at radius 1 is 0.750 bits per heavy atom. The number of rotatable bonds is 2. The third-order valence-corrected chi connectivity index (χ3v) is 28.8. The van der Waals surface area contributed by atoms with E-state index in [9.17, 15) is 0 Å². The van der Waals surface area contributed by atoms with E-state index in [2.05, 4.69) is 78.9 Å². The summed E-state index contributed by atoms with van der Waals surface area (Å²) in [5, 5.41) is 0. The van der Waals surface area contributed by atoms with E-state index in [0.29, 0.717) is 10.8 Å². The van der Waals surface area contributed by atoms with Crippen LogP contribution in [0, 0.1) is 10.8 Å². The second-order valence-corrected chi connectivity index (χ2v) is 33.1. The molecule has 0 aliphatic heterocycles. The van der Waals surface area contributed by atoms with Crippen LogP contribution < -0.4 is 24.8 Å². The molecule has 0 nitrogen and oxygen atoms in total. The first-order chi connectivity index (χ1) is 10.00. The molecule has 0 saturated carbocycles. The van der Waals surface area contributed by atoms with E-state index >= 15 is 0 Å². The fourth-order valence-corrected chi connectivity index (χ4v) is 27.1. The van der Waals surface area contributed by atoms with Crippen molar-refractivity contribution in [2.75, 3.05) is 0 Å². The topological polar surface area (TPSA) is 0 Å². The Bertz CT molecular complexity index is 582. The van der Waals surface area contributed by atoms with Crippen molar-refractivity contribution in [3.05, 3.63) is 42.1 Å². The minimum Gasteiger partial charge on any atom is -1.00 e. The maximum absolute atomic E-state index is 2.61. The van der Waals surface area contributed by atoms with Gasteiger partial charge in [0.05, 0.1) is 0 Å². The first kappa shape index (κ1) is 24.6. The average molecular weight is 550 g/mol. The Labute approximate surface area is 169 Å². The molecule has 0 aromatic rings. The van der Waals surface area contributed by atoms with Crippen molar-refractivity contribution >= 4 is 5.49 Å². The molecule has 0 aromatic carbocycles. The minimum atomic E-state index is -1.78. The van der Waals surface area contributed by atoms with Gasteiger partial charge in [0.25, 0.3) is 0 Å². The average Bonchev–Trinajstić information content (AvgIpc) is 2.95. The monoisotopic (exact) mass is 550 g/mol. The molecular weight excluding hydrogens is 518 g/mol. The van der Waals surface area contributed by atoms with Gasteiger partial charge in [-0.15, -0.1) is 0 Å². The van der Waals surface area contributed by atoms with Gasteiger partial charge in [0.15, 0.2) is 0 Å². The normalized spacial score (nSPS) is 16.8. The van der Waals surface area contributed by atoms with Crippen LogP contribution in [0.2, 0.25) is 13.1 Å². The fourth-order valence-electron chi connectivity index (χ4n) is 3.29. The third-order valence-electron chi connectivity index (χ3n) is 4.62. The van der Waals surface area contributed by atoms with Gasteiger partial charge in [0.1, 0.15) is 0 Å². The van der Waals surface area contributed by atoms with Crippen molar-refractivity contribution in [1.29, 1.82) is 0 Å². The van der Waals surface area contributed by atoms with E-state index in [4.69, 9.17) is 0 Å². The van der Waals surface area contributed by atoms with Gasteiger partial charge in [-0.3, -0.25) is 0 Å². The SMILES string of the molecule is C[Si](C)=[Hf+2]([C]1=CC(C(C)(C)C)=CC1)[C]1=CC(C(C)(C)C)=CC1.[Cl-].[Cl-]. The Balaban J connectivity index is 0.00000264. The molecule has 0 spiro atoms. The molecule has 0 radical (unpaired) electrons. The van der Waals surface area contributed by atoms with E-state index in [-0.39, 0.29) is 30.3 Å². The molecule has 0 saturated heterocycles. The minimum absolute atomic E-state index is 0. The van der Waals surface area contributed by atoms with Crippen molar-refractivity contribution < 1.29 is 44.9 Å². The molecule has 24 heavy (non-hydrogen) atoms. The summed E-state index contributed by atoms with van der Waals surface area (Å²) in [5.74, 6) is 0. The Kier molecular flexibility index (Phi) is 9.25. The summed E-state index contributed by atoms with van der Waals surface area (Å²) in [6.07, 6.45) is 12.8. The molecule has 0 aromatic heterocycles. The summed E-state index contributed by atoms with van der Waals surface area (Å²) in [5.41, 5.74) is 3.62. The second kappa shape index (κ2) is 9.02. The van der Waals surface area contributed by atoms with Crippen molar-refractivity contribution in [3.8, 4) is 0 Å². The number of allylic oxidation sites excluding steroid dienone is 8. The molecule has 134 valence electrons. The van der Waals surface area contributed by atoms with Crippen LogP contribution in [0.1, 0.15) is 54.4 Å². The molecule has 0 heterocycles. The number of hydrogen-bond donors (Lipinski definition) is 0. The van der Waals surface area contributed by atoms with Gasteiger partial charge >= 0.3 is 146 Å². The summed E-state index contributed by atoms with van der Waals surface area (Å²) in [6, 6.07) is 0. The zero-order valence-electron chi connectivity index (χ0n) is 16.5. The molecule has 2 aliphatic carbocycles. The molecule has 2 rings (SSSR count). The third kappa shape index (κ3) is 5.82. The van der Waals surface area contributed by atoms with Crippen LogP contribution in [0.15, 0.2) is 42.1 Å². The molecule has 0 atom stereocenters. The van der Waals surface area contributed by atoms with Crippen LogP contribution in [-0.4, -0.2) is 5.49 Å². The Morgan fingerprint density at radius 3 is 1.29 bits per heavy atom. The van der Waals surface area contributed by atoms with E-state index in [1.165, 1.54) is 12.8 Å². The van der Waals surface area contributed by atoms with Crippen molar-refractivity contribution in [3.63, 3.8) is 0 Å². The zero-order valence-corrected chi connectivity index (χ0v) is 22.6. The second-order valence-electron chi connectivity index (χ2n) is 8.94. The maximum atomic E-state index is 2.61. The molecule has 0 unspecified atom stereocenters. The quantitative estimate of drug-likeness (QED) is 0.437. The predicted octanol–water partition coefficient (Wildman–Crippen LogP) is 0.384. The van der Waals surface area contributed by atoms with Crippen LogP contribution in [0.25, 0.3) is 0 Å². The first-order valence-corrected chi connectivity index (χ1v) is 20.0. The fraction of sp³-hybridized carbons (Fsp3) is 0.600. The smallest absolute Gasteiger partial charge is 1.00 e. The van der Waals surface area contributed by atoms with Gasteiger partial charge in [-0.25, -0.2) is 0 Å². The summed E-state index contributed by atoms with van der Waals surface area (Å²) in [6.45, 7) is 19.2. The van der Waals surface area contributed by atoms with Gasteiger partial charge in [-0.1, -0.05) is 0 Å². The van der Waals surface area contributed by atoms with E-state index in [0.717, 1.165) is 0 Å². The van der Waals surface area contributed by atoms with Crippen LogP contribution in [-0.2, 0) is 20.1 Å². The maximum Gasteiger partial charge on any atom is -1.00 e. The van der Waals surface area contributed by atoms with Crippen LogP contribution in [0.4, 0.5) is 0 Å². The summed E-state index contributed by atoms with van der Waals surface area (Å²) >= 11 is -1.78. The van der Waals surface area contributed by atoms with Crippen LogP contribution in [0.5, 0.6) is 0 Å². The standard InChI is InChI=1S/2C9H13.C2H6Si.2ClH.Hf/c2*1-9(2,3)8-6-4-5-7-8;1-3-2;;;/h2*6-7H,4H2,1-3H3;1-2H3;2*1H;/q;;;;;+2/p-2. The van der Waals surface area contributed by atoms with Crippen molar-refractivity contribution in [2.45, 2.75) is 67.5 Å². The summed E-state index contributed by atoms with van der Waals surface area (Å²) < 4.78 is 3.76. The van der Waals surface area contributed by atoms with Gasteiger partial charge < -0.3 is 24.8 Å². The molecule has 4 heteroatoms. The van der Waals surface area contributed by atoms with Crippen molar-refractivity contribution in [2.24, 2.45) is 10.8 Å². The van der Waals surface area contributed by atoms with Gasteiger partial charge in [0.2, 0.25) is 0 Å². The van der Waals surface area contributed by atoms with E-state index in [1.807, 2.05) is 6.66 Å². The molecule has 0 amide bonds. The zero-order chi connectivity index (χ0) is 16.7. The van der Waals surface area contributed by atoms with E-state index < -0.39 is 20.1 Å². The molecule has 0 fully saturated rings. The van der Waals surface area contributed by atoms with E-state index in [1.54, 1.807) is 11.1 Å². The molecular formula is C20H32Cl2HfSi. The summed E-state index contributed by atoms with van der Waals surface area (Å²) in [4.78, 5) is 0. The number of halogens is 2. The Morgan fingerprint density at radius 2 is 1.08 bits per heavy atom. The number of hydrogen-bond acceptors (Lipinski definition) is 0. The molecule has 0 N–H and O–H groups in total. The van der Waals surface area contributed by atoms with Gasteiger partial charge in [0, 0.05) is 0 Å². The predicted molar refractivity (Wildman–Crippen MR) is 98.0 cm³/mol. The Hall–Kier alpha value is 0.627. The van der Waals surface area contributed by atoms with Crippen LogP contribution in [0.3, 0.4) is 0 Å². The van der Waals surface area contributed by atoms with Gasteiger partial charge in [-0.05, 0) is 0 Å². The molecule has 2 aliphatic rings. The summed E-state index contributed by atoms with van der Waals surface area (Å²) in [7, 11) is 0. The van der Waals surface area contributed by atoms with Crippen molar-refractivity contribution in [1.82, 2.24) is 0 Å². The first-order valence-electron chi connectivity index (χ1n) is 8.51. The molecule has 0 bridgehead atoms.